The molecule has 1 aromatic carbocycles. The van der Waals surface area contributed by atoms with Gasteiger partial charge in [0, 0.05) is 25.4 Å². The first kappa shape index (κ1) is 12.4. The van der Waals surface area contributed by atoms with Crippen LogP contribution in [-0.2, 0) is 6.54 Å². The van der Waals surface area contributed by atoms with Crippen LogP contribution in [0.2, 0.25) is 0 Å². The summed E-state index contributed by atoms with van der Waals surface area (Å²) in [6.45, 7) is 0.834. The lowest BCUT2D eigenvalue weighted by molar-refractivity contribution is 0.898. The molecule has 0 aliphatic heterocycles. The van der Waals surface area contributed by atoms with Crippen molar-refractivity contribution in [3.05, 3.63) is 66.7 Å². The summed E-state index contributed by atoms with van der Waals surface area (Å²) in [5.41, 5.74) is 3.36. The van der Waals surface area contributed by atoms with Gasteiger partial charge in [-0.1, -0.05) is 30.3 Å². The molecule has 20 heavy (non-hydrogen) atoms. The highest BCUT2D eigenvalue weighted by atomic mass is 15.2. The first-order valence-corrected chi connectivity index (χ1v) is 6.53. The Balaban J connectivity index is 1.82. The lowest BCUT2D eigenvalue weighted by Crippen LogP contribution is -2.17. The zero-order valence-corrected chi connectivity index (χ0v) is 11.3. The van der Waals surface area contributed by atoms with E-state index in [0.717, 1.165) is 23.6 Å². The Kier molecular flexibility index (Phi) is 3.46. The van der Waals surface area contributed by atoms with Crippen LogP contribution >= 0.6 is 0 Å². The van der Waals surface area contributed by atoms with E-state index >= 15 is 0 Å². The SMILES string of the molecule is CN(Cc1ccccc1)c1cc(-c2cnc[nH]2)ccn1. The quantitative estimate of drug-likeness (QED) is 0.787. The van der Waals surface area contributed by atoms with Crippen LogP contribution in [-0.4, -0.2) is 22.0 Å². The molecule has 0 amide bonds. The molecule has 3 aromatic rings. The molecule has 3 rings (SSSR count). The molecule has 0 aliphatic carbocycles. The standard InChI is InChI=1S/C16H16N4/c1-20(11-13-5-3-2-4-6-13)16-9-14(7-8-18-16)15-10-17-12-19-15/h2-10,12H,11H2,1H3,(H,17,19). The van der Waals surface area contributed by atoms with Gasteiger partial charge in [0.2, 0.25) is 0 Å². The van der Waals surface area contributed by atoms with E-state index in [1.807, 2.05) is 31.6 Å². The molecule has 2 heterocycles. The Morgan fingerprint density at radius 1 is 1.15 bits per heavy atom. The third-order valence-electron chi connectivity index (χ3n) is 3.21. The zero-order chi connectivity index (χ0) is 13.8. The van der Waals surface area contributed by atoms with E-state index in [9.17, 15) is 0 Å². The number of aromatic nitrogens is 3. The highest BCUT2D eigenvalue weighted by Crippen LogP contribution is 2.21. The van der Waals surface area contributed by atoms with E-state index in [-0.39, 0.29) is 0 Å². The van der Waals surface area contributed by atoms with Gasteiger partial charge in [0.15, 0.2) is 0 Å². The number of imidazole rings is 1. The number of nitrogens with zero attached hydrogens (tertiary/aromatic N) is 3. The van der Waals surface area contributed by atoms with Crippen LogP contribution < -0.4 is 4.90 Å². The number of aromatic amines is 1. The monoisotopic (exact) mass is 264 g/mol. The van der Waals surface area contributed by atoms with Gasteiger partial charge in [0.25, 0.3) is 0 Å². The minimum atomic E-state index is 0.834. The minimum absolute atomic E-state index is 0.834. The van der Waals surface area contributed by atoms with Gasteiger partial charge in [-0.3, -0.25) is 0 Å². The number of nitrogens with one attached hydrogen (secondary N) is 1. The molecule has 1 N–H and O–H groups in total. The largest absolute Gasteiger partial charge is 0.355 e. The average Bonchev–Trinajstić information content (AvgIpc) is 3.03. The molecule has 0 bridgehead atoms. The van der Waals surface area contributed by atoms with Crippen molar-refractivity contribution in [2.45, 2.75) is 6.54 Å². The molecule has 0 atom stereocenters. The predicted octanol–water partition coefficient (Wildman–Crippen LogP) is 3.11. The predicted molar refractivity (Wildman–Crippen MR) is 80.4 cm³/mol. The van der Waals surface area contributed by atoms with Crippen molar-refractivity contribution >= 4 is 5.82 Å². The minimum Gasteiger partial charge on any atom is -0.355 e. The van der Waals surface area contributed by atoms with E-state index in [1.54, 1.807) is 6.33 Å². The second-order valence-corrected chi connectivity index (χ2v) is 4.71. The summed E-state index contributed by atoms with van der Waals surface area (Å²) in [5.74, 6) is 0.945. The van der Waals surface area contributed by atoms with Crippen LogP contribution in [0.1, 0.15) is 5.56 Å². The summed E-state index contributed by atoms with van der Waals surface area (Å²) in [6, 6.07) is 14.4. The molecule has 4 heteroatoms. The smallest absolute Gasteiger partial charge is 0.129 e. The Morgan fingerprint density at radius 3 is 2.75 bits per heavy atom. The Morgan fingerprint density at radius 2 is 2.00 bits per heavy atom. The Labute approximate surface area is 118 Å². The summed E-state index contributed by atoms with van der Waals surface area (Å²) in [5, 5.41) is 0. The number of anilines is 1. The fourth-order valence-electron chi connectivity index (χ4n) is 2.15. The van der Waals surface area contributed by atoms with E-state index in [1.165, 1.54) is 5.56 Å². The lowest BCUT2D eigenvalue weighted by atomic mass is 10.2. The summed E-state index contributed by atoms with van der Waals surface area (Å²) < 4.78 is 0. The number of hydrogen-bond donors (Lipinski definition) is 1. The van der Waals surface area contributed by atoms with Crippen LogP contribution in [0.3, 0.4) is 0 Å². The number of H-pyrrole nitrogens is 1. The summed E-state index contributed by atoms with van der Waals surface area (Å²) in [6.07, 6.45) is 5.33. The molecule has 0 fully saturated rings. The Bertz CT molecular complexity index is 662. The van der Waals surface area contributed by atoms with Crippen molar-refractivity contribution in [1.82, 2.24) is 15.0 Å². The first-order chi connectivity index (χ1) is 9.83. The van der Waals surface area contributed by atoms with Crippen LogP contribution in [0.4, 0.5) is 5.82 Å². The van der Waals surface area contributed by atoms with E-state index in [4.69, 9.17) is 0 Å². The second kappa shape index (κ2) is 5.57. The van der Waals surface area contributed by atoms with Crippen molar-refractivity contribution in [1.29, 1.82) is 0 Å². The molecule has 2 aromatic heterocycles. The van der Waals surface area contributed by atoms with Crippen molar-refractivity contribution in [3.63, 3.8) is 0 Å². The molecule has 0 radical (unpaired) electrons. The second-order valence-electron chi connectivity index (χ2n) is 4.71. The van der Waals surface area contributed by atoms with Gasteiger partial charge in [-0.2, -0.15) is 0 Å². The third-order valence-corrected chi connectivity index (χ3v) is 3.21. The number of hydrogen-bond acceptors (Lipinski definition) is 3. The molecular weight excluding hydrogens is 248 g/mol. The highest BCUT2D eigenvalue weighted by Gasteiger charge is 2.06. The molecule has 100 valence electrons. The highest BCUT2D eigenvalue weighted by molar-refractivity contribution is 5.62. The molecule has 0 unspecified atom stereocenters. The first-order valence-electron chi connectivity index (χ1n) is 6.53. The van der Waals surface area contributed by atoms with Crippen LogP contribution in [0.5, 0.6) is 0 Å². The van der Waals surface area contributed by atoms with Crippen molar-refractivity contribution in [2.75, 3.05) is 11.9 Å². The Hall–Kier alpha value is -2.62. The molecule has 0 aliphatic rings. The van der Waals surface area contributed by atoms with Gasteiger partial charge >= 0.3 is 0 Å². The van der Waals surface area contributed by atoms with E-state index in [2.05, 4.69) is 50.2 Å². The fourth-order valence-corrected chi connectivity index (χ4v) is 2.15. The molecular formula is C16H16N4. The number of pyridine rings is 1. The van der Waals surface area contributed by atoms with Gasteiger partial charge < -0.3 is 9.88 Å². The van der Waals surface area contributed by atoms with Crippen molar-refractivity contribution in [2.24, 2.45) is 0 Å². The maximum atomic E-state index is 4.44. The normalized spacial score (nSPS) is 10.4. The van der Waals surface area contributed by atoms with Gasteiger partial charge in [-0.15, -0.1) is 0 Å². The lowest BCUT2D eigenvalue weighted by Gasteiger charge is -2.18. The van der Waals surface area contributed by atoms with Crippen molar-refractivity contribution in [3.8, 4) is 11.3 Å². The number of rotatable bonds is 4. The van der Waals surface area contributed by atoms with Gasteiger partial charge in [0.05, 0.1) is 18.2 Å². The molecule has 0 spiro atoms. The topological polar surface area (TPSA) is 44.8 Å². The molecule has 4 nitrogen and oxygen atoms in total. The van der Waals surface area contributed by atoms with Crippen molar-refractivity contribution < 1.29 is 0 Å². The summed E-state index contributed by atoms with van der Waals surface area (Å²) in [4.78, 5) is 13.7. The molecule has 0 saturated carbocycles. The van der Waals surface area contributed by atoms with E-state index in [0.29, 0.717) is 0 Å². The van der Waals surface area contributed by atoms with Gasteiger partial charge in [-0.05, 0) is 17.7 Å². The third kappa shape index (κ3) is 2.69. The maximum absolute atomic E-state index is 4.44. The van der Waals surface area contributed by atoms with Gasteiger partial charge in [0.1, 0.15) is 5.82 Å². The number of benzene rings is 1. The molecule has 0 saturated heterocycles. The maximum Gasteiger partial charge on any atom is 0.129 e. The van der Waals surface area contributed by atoms with Crippen LogP contribution in [0.25, 0.3) is 11.3 Å². The summed E-state index contributed by atoms with van der Waals surface area (Å²) >= 11 is 0. The summed E-state index contributed by atoms with van der Waals surface area (Å²) in [7, 11) is 2.05. The van der Waals surface area contributed by atoms with Gasteiger partial charge in [-0.25, -0.2) is 9.97 Å². The van der Waals surface area contributed by atoms with Crippen LogP contribution in [0, 0.1) is 0 Å². The van der Waals surface area contributed by atoms with E-state index < -0.39 is 0 Å². The fraction of sp³-hybridized carbons (Fsp3) is 0.125. The average molecular weight is 264 g/mol. The zero-order valence-electron chi connectivity index (χ0n) is 11.3. The van der Waals surface area contributed by atoms with Crippen LogP contribution in [0.15, 0.2) is 61.2 Å².